The van der Waals surface area contributed by atoms with Crippen molar-refractivity contribution >= 4 is 28.5 Å². The van der Waals surface area contributed by atoms with Crippen molar-refractivity contribution in [2.24, 2.45) is 0 Å². The van der Waals surface area contributed by atoms with E-state index in [4.69, 9.17) is 16.7 Å². The standard InChI is InChI=1S/C12H10ClNO2/c1-7(12(15)16)9-6-14-10-5-3-2-4-8(10)11(9)13/h2-7H,1H3,(H,15,16). The average molecular weight is 236 g/mol. The highest BCUT2D eigenvalue weighted by Crippen LogP contribution is 2.30. The van der Waals surface area contributed by atoms with E-state index < -0.39 is 11.9 Å². The molecule has 0 saturated heterocycles. The summed E-state index contributed by atoms with van der Waals surface area (Å²) >= 11 is 6.18. The molecule has 0 saturated carbocycles. The first kappa shape index (κ1) is 10.9. The van der Waals surface area contributed by atoms with Gasteiger partial charge in [0.1, 0.15) is 0 Å². The smallest absolute Gasteiger partial charge is 0.310 e. The van der Waals surface area contributed by atoms with Crippen LogP contribution in [0, 0.1) is 0 Å². The van der Waals surface area contributed by atoms with Crippen molar-refractivity contribution in [1.29, 1.82) is 0 Å². The summed E-state index contributed by atoms with van der Waals surface area (Å²) < 4.78 is 0. The normalized spacial score (nSPS) is 12.6. The van der Waals surface area contributed by atoms with E-state index in [1.807, 2.05) is 24.3 Å². The van der Waals surface area contributed by atoms with Gasteiger partial charge in [-0.15, -0.1) is 0 Å². The van der Waals surface area contributed by atoms with Gasteiger partial charge in [0.15, 0.2) is 0 Å². The van der Waals surface area contributed by atoms with Gasteiger partial charge in [0.05, 0.1) is 16.5 Å². The second kappa shape index (κ2) is 4.10. The number of pyridine rings is 1. The van der Waals surface area contributed by atoms with E-state index >= 15 is 0 Å². The van der Waals surface area contributed by atoms with Crippen molar-refractivity contribution in [2.75, 3.05) is 0 Å². The van der Waals surface area contributed by atoms with Gasteiger partial charge in [-0.05, 0) is 13.0 Å². The maximum absolute atomic E-state index is 10.9. The van der Waals surface area contributed by atoms with E-state index in [0.29, 0.717) is 10.6 Å². The van der Waals surface area contributed by atoms with Crippen LogP contribution in [0.5, 0.6) is 0 Å². The van der Waals surface area contributed by atoms with Gasteiger partial charge >= 0.3 is 5.97 Å². The Labute approximate surface area is 97.7 Å². The molecule has 1 N–H and O–H groups in total. The molecule has 2 rings (SSSR count). The van der Waals surface area contributed by atoms with Crippen molar-refractivity contribution in [3.63, 3.8) is 0 Å². The Balaban J connectivity index is 2.65. The summed E-state index contributed by atoms with van der Waals surface area (Å²) in [4.78, 5) is 15.1. The minimum atomic E-state index is -0.904. The molecular weight excluding hydrogens is 226 g/mol. The zero-order chi connectivity index (χ0) is 11.7. The second-order valence-electron chi connectivity index (χ2n) is 3.60. The predicted molar refractivity (Wildman–Crippen MR) is 62.8 cm³/mol. The average Bonchev–Trinajstić information content (AvgIpc) is 2.29. The number of fused-ring (bicyclic) bond motifs is 1. The summed E-state index contributed by atoms with van der Waals surface area (Å²) in [5.41, 5.74) is 1.32. The molecule has 1 heterocycles. The third kappa shape index (κ3) is 1.74. The van der Waals surface area contributed by atoms with Crippen LogP contribution in [0.15, 0.2) is 30.5 Å². The molecule has 0 aliphatic carbocycles. The Morgan fingerprint density at radius 1 is 1.44 bits per heavy atom. The Morgan fingerprint density at radius 3 is 2.81 bits per heavy atom. The third-order valence-corrected chi connectivity index (χ3v) is 3.00. The molecule has 1 aromatic carbocycles. The number of carboxylic acids is 1. The van der Waals surface area contributed by atoms with Crippen molar-refractivity contribution in [1.82, 2.24) is 4.98 Å². The lowest BCUT2D eigenvalue weighted by molar-refractivity contribution is -0.138. The summed E-state index contributed by atoms with van der Waals surface area (Å²) in [5, 5.41) is 10.2. The number of para-hydroxylation sites is 1. The van der Waals surface area contributed by atoms with Gasteiger partial charge in [-0.2, -0.15) is 0 Å². The molecule has 16 heavy (non-hydrogen) atoms. The van der Waals surface area contributed by atoms with Crippen LogP contribution in [-0.2, 0) is 4.79 Å². The van der Waals surface area contributed by atoms with Crippen LogP contribution in [0.4, 0.5) is 0 Å². The molecule has 2 aromatic rings. The molecule has 1 atom stereocenters. The third-order valence-electron chi connectivity index (χ3n) is 2.57. The van der Waals surface area contributed by atoms with Gasteiger partial charge in [0, 0.05) is 17.1 Å². The zero-order valence-corrected chi connectivity index (χ0v) is 9.40. The fraction of sp³-hybridized carbons (Fsp3) is 0.167. The summed E-state index contributed by atoms with van der Waals surface area (Å²) in [5.74, 6) is -1.55. The summed E-state index contributed by atoms with van der Waals surface area (Å²) in [6.07, 6.45) is 1.53. The highest BCUT2D eigenvalue weighted by molar-refractivity contribution is 6.36. The minimum Gasteiger partial charge on any atom is -0.481 e. The van der Waals surface area contributed by atoms with E-state index in [0.717, 1.165) is 10.9 Å². The molecule has 0 aliphatic heterocycles. The summed E-state index contributed by atoms with van der Waals surface area (Å²) in [7, 11) is 0. The summed E-state index contributed by atoms with van der Waals surface area (Å²) in [6.45, 7) is 1.60. The topological polar surface area (TPSA) is 50.2 Å². The van der Waals surface area contributed by atoms with E-state index in [1.165, 1.54) is 6.20 Å². The van der Waals surface area contributed by atoms with Crippen LogP contribution < -0.4 is 0 Å². The number of nitrogens with zero attached hydrogens (tertiary/aromatic N) is 1. The van der Waals surface area contributed by atoms with Crippen molar-refractivity contribution < 1.29 is 9.90 Å². The highest BCUT2D eigenvalue weighted by Gasteiger charge is 2.18. The maximum Gasteiger partial charge on any atom is 0.310 e. The fourth-order valence-corrected chi connectivity index (χ4v) is 1.93. The summed E-state index contributed by atoms with van der Waals surface area (Å²) in [6, 6.07) is 7.40. The van der Waals surface area contributed by atoms with Gasteiger partial charge in [-0.3, -0.25) is 9.78 Å². The molecule has 1 aromatic heterocycles. The Bertz CT molecular complexity index is 554. The number of aliphatic carboxylic acids is 1. The molecule has 0 fully saturated rings. The number of hydrogen-bond donors (Lipinski definition) is 1. The number of carbonyl (C=O) groups is 1. The zero-order valence-electron chi connectivity index (χ0n) is 8.64. The molecule has 0 amide bonds. The molecule has 82 valence electrons. The van der Waals surface area contributed by atoms with Gasteiger partial charge in [0.2, 0.25) is 0 Å². The molecule has 0 spiro atoms. The van der Waals surface area contributed by atoms with Crippen molar-refractivity contribution in [3.8, 4) is 0 Å². The first-order valence-corrected chi connectivity index (χ1v) is 5.25. The van der Waals surface area contributed by atoms with E-state index in [-0.39, 0.29) is 0 Å². The lowest BCUT2D eigenvalue weighted by atomic mass is 10.0. The van der Waals surface area contributed by atoms with Crippen molar-refractivity contribution in [2.45, 2.75) is 12.8 Å². The first-order chi connectivity index (χ1) is 7.61. The first-order valence-electron chi connectivity index (χ1n) is 4.87. The van der Waals surface area contributed by atoms with Gasteiger partial charge < -0.3 is 5.11 Å². The number of hydrogen-bond acceptors (Lipinski definition) is 2. The highest BCUT2D eigenvalue weighted by atomic mass is 35.5. The quantitative estimate of drug-likeness (QED) is 0.870. The Hall–Kier alpha value is -1.61. The van der Waals surface area contributed by atoms with Crippen LogP contribution in [-0.4, -0.2) is 16.1 Å². The Kier molecular flexibility index (Phi) is 2.79. The maximum atomic E-state index is 10.9. The number of halogens is 1. The van der Waals surface area contributed by atoms with Crippen LogP contribution >= 0.6 is 11.6 Å². The number of aromatic nitrogens is 1. The number of rotatable bonds is 2. The predicted octanol–water partition coefficient (Wildman–Crippen LogP) is 3.08. The van der Waals surface area contributed by atoms with Crippen LogP contribution in [0.3, 0.4) is 0 Å². The second-order valence-corrected chi connectivity index (χ2v) is 3.98. The van der Waals surface area contributed by atoms with E-state index in [2.05, 4.69) is 4.98 Å². The number of carboxylic acid groups (broad SMARTS) is 1. The molecule has 0 radical (unpaired) electrons. The number of benzene rings is 1. The molecule has 0 bridgehead atoms. The molecule has 0 aliphatic rings. The van der Waals surface area contributed by atoms with Crippen LogP contribution in [0.2, 0.25) is 5.02 Å². The van der Waals surface area contributed by atoms with E-state index in [9.17, 15) is 4.79 Å². The lowest BCUT2D eigenvalue weighted by Crippen LogP contribution is -2.08. The van der Waals surface area contributed by atoms with Crippen molar-refractivity contribution in [3.05, 3.63) is 41.0 Å². The van der Waals surface area contributed by atoms with Gasteiger partial charge in [-0.1, -0.05) is 29.8 Å². The fourth-order valence-electron chi connectivity index (χ4n) is 1.56. The molecular formula is C12H10ClNO2. The largest absolute Gasteiger partial charge is 0.481 e. The monoisotopic (exact) mass is 235 g/mol. The van der Waals surface area contributed by atoms with Crippen LogP contribution in [0.1, 0.15) is 18.4 Å². The van der Waals surface area contributed by atoms with Gasteiger partial charge in [-0.25, -0.2) is 0 Å². The SMILES string of the molecule is CC(C(=O)O)c1cnc2ccccc2c1Cl. The van der Waals surface area contributed by atoms with E-state index in [1.54, 1.807) is 6.92 Å². The Morgan fingerprint density at radius 2 is 2.12 bits per heavy atom. The van der Waals surface area contributed by atoms with Crippen LogP contribution in [0.25, 0.3) is 10.9 Å². The molecule has 1 unspecified atom stereocenters. The molecule has 4 heteroatoms. The minimum absolute atomic E-state index is 0.473. The molecule has 3 nitrogen and oxygen atoms in total. The van der Waals surface area contributed by atoms with Gasteiger partial charge in [0.25, 0.3) is 0 Å². The lowest BCUT2D eigenvalue weighted by Gasteiger charge is -2.10.